The molecule has 2 N–H and O–H groups in total. The second kappa shape index (κ2) is 9.49. The highest BCUT2D eigenvalue weighted by Crippen LogP contribution is 2.28. The van der Waals surface area contributed by atoms with Gasteiger partial charge in [0.2, 0.25) is 21.8 Å². The fourth-order valence-corrected chi connectivity index (χ4v) is 5.00. The monoisotopic (exact) mass is 459 g/mol. The Hall–Kier alpha value is -3.24. The van der Waals surface area contributed by atoms with Gasteiger partial charge in [-0.25, -0.2) is 8.42 Å². The number of nitrogens with two attached hydrogens (primary N) is 1. The standard InChI is InChI=1S/C22H25N3O6S/c1-3-24(4-2)32(29,30)19-10-8-17(9-11-19)25-14-16(13-20(25)26)22(28)31-18-7-5-6-15(12-18)21(23)27/h5-12,16H,3-4,13-14H2,1-2H3,(H2,23,27). The Morgan fingerprint density at radius 3 is 2.38 bits per heavy atom. The third-order valence-corrected chi connectivity index (χ3v) is 7.35. The van der Waals surface area contributed by atoms with E-state index in [2.05, 4.69) is 0 Å². The molecule has 32 heavy (non-hydrogen) atoms. The summed E-state index contributed by atoms with van der Waals surface area (Å²) in [5, 5.41) is 0. The molecule has 9 nitrogen and oxygen atoms in total. The van der Waals surface area contributed by atoms with Gasteiger partial charge in [0.25, 0.3) is 0 Å². The molecule has 1 unspecified atom stereocenters. The van der Waals surface area contributed by atoms with Crippen molar-refractivity contribution in [2.75, 3.05) is 24.5 Å². The summed E-state index contributed by atoms with van der Waals surface area (Å²) in [5.74, 6) is -2.03. The first-order chi connectivity index (χ1) is 15.2. The molecule has 0 aromatic heterocycles. The lowest BCUT2D eigenvalue weighted by molar-refractivity contribution is -0.139. The highest BCUT2D eigenvalue weighted by Gasteiger charge is 2.36. The Labute approximate surface area is 186 Å². The van der Waals surface area contributed by atoms with Crippen LogP contribution in [0.1, 0.15) is 30.6 Å². The fourth-order valence-electron chi connectivity index (χ4n) is 3.54. The molecule has 1 fully saturated rings. The zero-order chi connectivity index (χ0) is 23.5. The number of ether oxygens (including phenoxy) is 1. The van der Waals surface area contributed by atoms with E-state index in [1.165, 1.54) is 39.5 Å². The molecule has 2 aromatic rings. The van der Waals surface area contributed by atoms with Gasteiger partial charge in [-0.15, -0.1) is 0 Å². The normalized spacial score (nSPS) is 16.4. The summed E-state index contributed by atoms with van der Waals surface area (Å²) in [4.78, 5) is 37.9. The van der Waals surface area contributed by atoms with Crippen LogP contribution >= 0.6 is 0 Å². The van der Waals surface area contributed by atoms with E-state index in [1.807, 2.05) is 0 Å². The van der Waals surface area contributed by atoms with Gasteiger partial charge in [0.15, 0.2) is 0 Å². The SMILES string of the molecule is CCN(CC)S(=O)(=O)c1ccc(N2CC(C(=O)Oc3cccc(C(N)=O)c3)CC2=O)cc1. The predicted molar refractivity (Wildman–Crippen MR) is 118 cm³/mol. The second-order valence-corrected chi connectivity index (χ2v) is 9.24. The van der Waals surface area contributed by atoms with Crippen LogP contribution in [0.4, 0.5) is 5.69 Å². The lowest BCUT2D eigenvalue weighted by atomic mass is 10.1. The van der Waals surface area contributed by atoms with Crippen LogP contribution in [0.3, 0.4) is 0 Å². The number of sulfonamides is 1. The molecular weight excluding hydrogens is 434 g/mol. The topological polar surface area (TPSA) is 127 Å². The van der Waals surface area contributed by atoms with Gasteiger partial charge in [-0.2, -0.15) is 4.31 Å². The molecule has 0 spiro atoms. The van der Waals surface area contributed by atoms with E-state index in [0.29, 0.717) is 18.8 Å². The number of esters is 1. The Morgan fingerprint density at radius 1 is 1.12 bits per heavy atom. The fraction of sp³-hybridized carbons (Fsp3) is 0.318. The molecule has 1 aliphatic heterocycles. The van der Waals surface area contributed by atoms with Crippen molar-refractivity contribution in [1.29, 1.82) is 0 Å². The molecule has 1 heterocycles. The summed E-state index contributed by atoms with van der Waals surface area (Å²) in [5.41, 5.74) is 5.94. The second-order valence-electron chi connectivity index (χ2n) is 7.30. The molecule has 0 saturated carbocycles. The molecule has 10 heteroatoms. The first kappa shape index (κ1) is 23.4. The zero-order valence-electron chi connectivity index (χ0n) is 17.9. The van der Waals surface area contributed by atoms with Crippen molar-refractivity contribution in [2.45, 2.75) is 25.2 Å². The molecule has 1 saturated heterocycles. The van der Waals surface area contributed by atoms with Crippen LogP contribution in [-0.2, 0) is 19.6 Å². The molecule has 1 atom stereocenters. The van der Waals surface area contributed by atoms with Gasteiger partial charge in [0.05, 0.1) is 10.8 Å². The smallest absolute Gasteiger partial charge is 0.316 e. The number of carbonyl (C=O) groups is 3. The minimum atomic E-state index is -3.60. The summed E-state index contributed by atoms with van der Waals surface area (Å²) in [6.45, 7) is 4.35. The first-order valence-corrected chi connectivity index (χ1v) is 11.6. The van der Waals surface area contributed by atoms with Crippen LogP contribution in [0.5, 0.6) is 5.75 Å². The van der Waals surface area contributed by atoms with Crippen molar-refractivity contribution < 1.29 is 27.5 Å². The number of primary amides is 1. The predicted octanol–water partition coefficient (Wildman–Crippen LogP) is 1.77. The van der Waals surface area contributed by atoms with E-state index >= 15 is 0 Å². The lowest BCUT2D eigenvalue weighted by Crippen LogP contribution is -2.30. The molecule has 0 aliphatic carbocycles. The molecule has 0 bridgehead atoms. The van der Waals surface area contributed by atoms with Gasteiger partial charge in [-0.3, -0.25) is 14.4 Å². The summed E-state index contributed by atoms with van der Waals surface area (Å²) in [6, 6.07) is 12.0. The van der Waals surface area contributed by atoms with Crippen LogP contribution in [0, 0.1) is 5.92 Å². The van der Waals surface area contributed by atoms with Crippen LogP contribution < -0.4 is 15.4 Å². The summed E-state index contributed by atoms with van der Waals surface area (Å²) in [7, 11) is -3.60. The number of rotatable bonds is 8. The molecular formula is C22H25N3O6S. The maximum atomic E-state index is 12.6. The van der Waals surface area contributed by atoms with Gasteiger partial charge >= 0.3 is 5.97 Å². The Kier molecular flexibility index (Phi) is 6.95. The molecule has 2 aromatic carbocycles. The summed E-state index contributed by atoms with van der Waals surface area (Å²) in [6.07, 6.45) is -0.0339. The Bertz CT molecular complexity index is 1130. The summed E-state index contributed by atoms with van der Waals surface area (Å²) >= 11 is 0. The number of carbonyl (C=O) groups excluding carboxylic acids is 3. The van der Waals surface area contributed by atoms with Gasteiger partial charge < -0.3 is 15.4 Å². The Morgan fingerprint density at radius 2 is 1.78 bits per heavy atom. The minimum Gasteiger partial charge on any atom is -0.426 e. The van der Waals surface area contributed by atoms with Crippen molar-refractivity contribution in [2.24, 2.45) is 11.7 Å². The minimum absolute atomic E-state index is 0.0339. The van der Waals surface area contributed by atoms with Crippen LogP contribution in [-0.4, -0.2) is 50.1 Å². The number of amides is 2. The highest BCUT2D eigenvalue weighted by atomic mass is 32.2. The van der Waals surface area contributed by atoms with E-state index in [4.69, 9.17) is 10.5 Å². The van der Waals surface area contributed by atoms with E-state index in [1.54, 1.807) is 32.0 Å². The first-order valence-electron chi connectivity index (χ1n) is 10.2. The average Bonchev–Trinajstić information content (AvgIpc) is 3.16. The summed E-state index contributed by atoms with van der Waals surface area (Å²) < 4.78 is 31.9. The van der Waals surface area contributed by atoms with Crippen molar-refractivity contribution in [3.63, 3.8) is 0 Å². The quantitative estimate of drug-likeness (QED) is 0.473. The average molecular weight is 460 g/mol. The van der Waals surface area contributed by atoms with Gasteiger partial charge in [-0.05, 0) is 42.5 Å². The maximum Gasteiger partial charge on any atom is 0.316 e. The maximum absolute atomic E-state index is 12.6. The van der Waals surface area contributed by atoms with Crippen LogP contribution in [0.15, 0.2) is 53.4 Å². The van der Waals surface area contributed by atoms with Gasteiger partial charge in [0.1, 0.15) is 5.75 Å². The van der Waals surface area contributed by atoms with E-state index in [0.717, 1.165) is 0 Å². The van der Waals surface area contributed by atoms with Crippen molar-refractivity contribution in [3.05, 3.63) is 54.1 Å². The molecule has 0 radical (unpaired) electrons. The zero-order valence-corrected chi connectivity index (χ0v) is 18.7. The van der Waals surface area contributed by atoms with E-state index in [-0.39, 0.29) is 35.1 Å². The largest absolute Gasteiger partial charge is 0.426 e. The molecule has 3 rings (SSSR count). The molecule has 2 amide bonds. The lowest BCUT2D eigenvalue weighted by Gasteiger charge is -2.20. The number of hydrogen-bond donors (Lipinski definition) is 1. The Balaban J connectivity index is 1.71. The highest BCUT2D eigenvalue weighted by molar-refractivity contribution is 7.89. The van der Waals surface area contributed by atoms with E-state index in [9.17, 15) is 22.8 Å². The third kappa shape index (κ3) is 4.81. The van der Waals surface area contributed by atoms with Crippen LogP contribution in [0.25, 0.3) is 0 Å². The van der Waals surface area contributed by atoms with Crippen LogP contribution in [0.2, 0.25) is 0 Å². The van der Waals surface area contributed by atoms with Crippen molar-refractivity contribution in [1.82, 2.24) is 4.31 Å². The number of nitrogens with zero attached hydrogens (tertiary/aromatic N) is 2. The number of benzene rings is 2. The van der Waals surface area contributed by atoms with Crippen molar-refractivity contribution >= 4 is 33.5 Å². The van der Waals surface area contributed by atoms with Gasteiger partial charge in [0, 0.05) is 37.3 Å². The van der Waals surface area contributed by atoms with Gasteiger partial charge in [-0.1, -0.05) is 19.9 Å². The third-order valence-electron chi connectivity index (χ3n) is 5.29. The van der Waals surface area contributed by atoms with Crippen molar-refractivity contribution in [3.8, 4) is 5.75 Å². The number of anilines is 1. The number of hydrogen-bond acceptors (Lipinski definition) is 6. The molecule has 170 valence electrons. The molecule has 1 aliphatic rings. The van der Waals surface area contributed by atoms with E-state index < -0.39 is 27.8 Å².